The van der Waals surface area contributed by atoms with Crippen LogP contribution in [0.5, 0.6) is 0 Å². The van der Waals surface area contributed by atoms with Gasteiger partial charge in [0.2, 0.25) is 0 Å². The van der Waals surface area contributed by atoms with Gasteiger partial charge >= 0.3 is 0 Å². The highest BCUT2D eigenvalue weighted by atomic mass is 15.2. The van der Waals surface area contributed by atoms with Gasteiger partial charge in [-0.05, 0) is 30.5 Å². The van der Waals surface area contributed by atoms with Crippen LogP contribution in [0.2, 0.25) is 0 Å². The van der Waals surface area contributed by atoms with Crippen molar-refractivity contribution in [2.24, 2.45) is 5.73 Å². The van der Waals surface area contributed by atoms with E-state index in [4.69, 9.17) is 5.73 Å². The van der Waals surface area contributed by atoms with Gasteiger partial charge < -0.3 is 5.73 Å². The maximum absolute atomic E-state index is 6.07. The third-order valence-corrected chi connectivity index (χ3v) is 2.66. The summed E-state index contributed by atoms with van der Waals surface area (Å²) in [5.74, 6) is 0. The monoisotopic (exact) mass is 174 g/mol. The second-order valence-corrected chi connectivity index (χ2v) is 3.67. The molecule has 2 N–H and O–H groups in total. The van der Waals surface area contributed by atoms with E-state index in [-0.39, 0.29) is 5.54 Å². The van der Waals surface area contributed by atoms with Gasteiger partial charge in [-0.25, -0.2) is 0 Å². The van der Waals surface area contributed by atoms with Crippen LogP contribution < -0.4 is 5.73 Å². The third kappa shape index (κ3) is 0.954. The first-order valence-corrected chi connectivity index (χ1v) is 4.37. The summed E-state index contributed by atoms with van der Waals surface area (Å²) < 4.78 is 1.88. The molecule has 1 saturated carbocycles. The van der Waals surface area contributed by atoms with E-state index in [2.05, 4.69) is 10.2 Å². The molecule has 2 heterocycles. The topological polar surface area (TPSA) is 56.2 Å². The second kappa shape index (κ2) is 2.09. The molecule has 1 aliphatic carbocycles. The molecule has 2 aromatic heterocycles. The number of hydrogen-bond donors (Lipinski definition) is 1. The Hall–Kier alpha value is -1.42. The molecule has 0 spiro atoms. The first-order chi connectivity index (χ1) is 6.28. The van der Waals surface area contributed by atoms with Crippen LogP contribution in [0.25, 0.3) is 5.65 Å². The fourth-order valence-corrected chi connectivity index (χ4v) is 1.55. The maximum Gasteiger partial charge on any atom is 0.160 e. The Morgan fingerprint density at radius 3 is 3.08 bits per heavy atom. The molecule has 0 radical (unpaired) electrons. The van der Waals surface area contributed by atoms with Crippen molar-refractivity contribution >= 4 is 5.65 Å². The average Bonchev–Trinajstić information content (AvgIpc) is 2.74. The van der Waals surface area contributed by atoms with Gasteiger partial charge in [-0.1, -0.05) is 0 Å². The van der Waals surface area contributed by atoms with Gasteiger partial charge in [-0.15, -0.1) is 10.2 Å². The lowest BCUT2D eigenvalue weighted by atomic mass is 10.1. The zero-order valence-electron chi connectivity index (χ0n) is 7.14. The summed E-state index contributed by atoms with van der Waals surface area (Å²) in [6.45, 7) is 0. The Bertz CT molecular complexity index is 455. The van der Waals surface area contributed by atoms with Gasteiger partial charge in [-0.3, -0.25) is 4.40 Å². The molecule has 1 aliphatic rings. The first kappa shape index (κ1) is 7.03. The molecule has 2 aromatic rings. The molecular formula is C9H10N4. The minimum Gasteiger partial charge on any atom is -0.321 e. The van der Waals surface area contributed by atoms with Crippen molar-refractivity contribution < 1.29 is 0 Å². The lowest BCUT2D eigenvalue weighted by molar-refractivity contribution is 0.738. The SMILES string of the molecule is NC1(c2ccn3cnnc3c2)CC1. The number of aromatic nitrogens is 3. The summed E-state index contributed by atoms with van der Waals surface area (Å²) in [4.78, 5) is 0. The molecule has 0 saturated heterocycles. The maximum atomic E-state index is 6.07. The molecule has 0 aliphatic heterocycles. The fraction of sp³-hybridized carbons (Fsp3) is 0.333. The molecule has 4 heteroatoms. The molecule has 13 heavy (non-hydrogen) atoms. The van der Waals surface area contributed by atoms with Crippen molar-refractivity contribution in [1.29, 1.82) is 0 Å². The van der Waals surface area contributed by atoms with Gasteiger partial charge in [0, 0.05) is 11.7 Å². The fourth-order valence-electron chi connectivity index (χ4n) is 1.55. The van der Waals surface area contributed by atoms with Crippen molar-refractivity contribution in [2.45, 2.75) is 18.4 Å². The quantitative estimate of drug-likeness (QED) is 0.691. The van der Waals surface area contributed by atoms with E-state index in [1.807, 2.05) is 22.7 Å². The molecule has 0 unspecified atom stereocenters. The van der Waals surface area contributed by atoms with Crippen LogP contribution in [0.1, 0.15) is 18.4 Å². The van der Waals surface area contributed by atoms with Crippen molar-refractivity contribution in [2.75, 3.05) is 0 Å². The average molecular weight is 174 g/mol. The zero-order chi connectivity index (χ0) is 8.89. The van der Waals surface area contributed by atoms with Crippen LogP contribution in [0, 0.1) is 0 Å². The van der Waals surface area contributed by atoms with Gasteiger partial charge in [-0.2, -0.15) is 0 Å². The molecule has 1 fully saturated rings. The Morgan fingerprint density at radius 1 is 1.46 bits per heavy atom. The predicted octanol–water partition coefficient (Wildman–Crippen LogP) is 0.677. The summed E-state index contributed by atoms with van der Waals surface area (Å²) in [5, 5.41) is 7.80. The van der Waals surface area contributed by atoms with E-state index in [0.717, 1.165) is 18.5 Å². The molecule has 0 atom stereocenters. The van der Waals surface area contributed by atoms with Crippen molar-refractivity contribution in [1.82, 2.24) is 14.6 Å². The number of pyridine rings is 1. The number of nitrogens with two attached hydrogens (primary N) is 1. The Kier molecular flexibility index (Phi) is 1.13. The number of rotatable bonds is 1. The predicted molar refractivity (Wildman–Crippen MR) is 48.1 cm³/mol. The van der Waals surface area contributed by atoms with Gasteiger partial charge in [0.25, 0.3) is 0 Å². The van der Waals surface area contributed by atoms with Gasteiger partial charge in [0.1, 0.15) is 6.33 Å². The van der Waals surface area contributed by atoms with Gasteiger partial charge in [0.15, 0.2) is 5.65 Å². The van der Waals surface area contributed by atoms with Gasteiger partial charge in [0.05, 0.1) is 0 Å². The van der Waals surface area contributed by atoms with Crippen LogP contribution >= 0.6 is 0 Å². The lowest BCUT2D eigenvalue weighted by Crippen LogP contribution is -2.18. The van der Waals surface area contributed by atoms with E-state index >= 15 is 0 Å². The minimum atomic E-state index is -0.0757. The Labute approximate surface area is 75.4 Å². The van der Waals surface area contributed by atoms with E-state index in [1.165, 1.54) is 5.56 Å². The number of hydrogen-bond acceptors (Lipinski definition) is 3. The molecule has 66 valence electrons. The van der Waals surface area contributed by atoms with Crippen LogP contribution in [0.4, 0.5) is 0 Å². The molecule has 0 bridgehead atoms. The Balaban J connectivity index is 2.20. The largest absolute Gasteiger partial charge is 0.321 e. The van der Waals surface area contributed by atoms with E-state index in [1.54, 1.807) is 6.33 Å². The Morgan fingerprint density at radius 2 is 2.31 bits per heavy atom. The third-order valence-electron chi connectivity index (χ3n) is 2.66. The highest BCUT2D eigenvalue weighted by Crippen LogP contribution is 2.42. The zero-order valence-corrected chi connectivity index (χ0v) is 7.14. The smallest absolute Gasteiger partial charge is 0.160 e. The molecule has 4 nitrogen and oxygen atoms in total. The molecular weight excluding hydrogens is 164 g/mol. The summed E-state index contributed by atoms with van der Waals surface area (Å²) in [5.41, 5.74) is 8.04. The lowest BCUT2D eigenvalue weighted by Gasteiger charge is -2.07. The summed E-state index contributed by atoms with van der Waals surface area (Å²) in [7, 11) is 0. The highest BCUT2D eigenvalue weighted by molar-refractivity contribution is 5.43. The highest BCUT2D eigenvalue weighted by Gasteiger charge is 2.40. The van der Waals surface area contributed by atoms with E-state index in [9.17, 15) is 0 Å². The molecule has 0 aromatic carbocycles. The standard InChI is InChI=1S/C9H10N4/c10-9(2-3-9)7-1-4-13-6-11-12-8(13)5-7/h1,4-6H,2-3,10H2. The first-order valence-electron chi connectivity index (χ1n) is 4.37. The van der Waals surface area contributed by atoms with Crippen LogP contribution in [0.15, 0.2) is 24.7 Å². The van der Waals surface area contributed by atoms with E-state index < -0.39 is 0 Å². The summed E-state index contributed by atoms with van der Waals surface area (Å²) in [6.07, 6.45) is 5.81. The van der Waals surface area contributed by atoms with Crippen LogP contribution in [-0.2, 0) is 5.54 Å². The van der Waals surface area contributed by atoms with Crippen LogP contribution in [0.3, 0.4) is 0 Å². The normalized spacial score (nSPS) is 19.2. The minimum absolute atomic E-state index is 0.0757. The summed E-state index contributed by atoms with van der Waals surface area (Å²) >= 11 is 0. The number of nitrogens with zero attached hydrogens (tertiary/aromatic N) is 3. The summed E-state index contributed by atoms with van der Waals surface area (Å²) in [6, 6.07) is 4.06. The second-order valence-electron chi connectivity index (χ2n) is 3.67. The van der Waals surface area contributed by atoms with Crippen molar-refractivity contribution in [3.8, 4) is 0 Å². The van der Waals surface area contributed by atoms with Crippen LogP contribution in [-0.4, -0.2) is 14.6 Å². The molecule has 3 rings (SSSR count). The molecule has 0 amide bonds. The van der Waals surface area contributed by atoms with Crippen molar-refractivity contribution in [3.05, 3.63) is 30.2 Å². The number of fused-ring (bicyclic) bond motifs is 1. The van der Waals surface area contributed by atoms with E-state index in [0.29, 0.717) is 0 Å². The van der Waals surface area contributed by atoms with Crippen molar-refractivity contribution in [3.63, 3.8) is 0 Å².